The van der Waals surface area contributed by atoms with Crippen LogP contribution >= 0.6 is 15.9 Å². The van der Waals surface area contributed by atoms with Crippen molar-refractivity contribution in [2.75, 3.05) is 10.5 Å². The summed E-state index contributed by atoms with van der Waals surface area (Å²) in [6, 6.07) is 3.42. The van der Waals surface area contributed by atoms with E-state index in [0.29, 0.717) is 16.2 Å². The molecular formula is C12H17BrN2O2S. The molecule has 1 heterocycles. The summed E-state index contributed by atoms with van der Waals surface area (Å²) in [4.78, 5) is 4.00. The predicted octanol–water partition coefficient (Wildman–Crippen LogP) is 3.17. The van der Waals surface area contributed by atoms with Crippen molar-refractivity contribution >= 4 is 31.6 Å². The van der Waals surface area contributed by atoms with Gasteiger partial charge in [0.05, 0.1) is 11.4 Å². The number of pyridine rings is 1. The minimum Gasteiger partial charge on any atom is -0.281 e. The van der Waals surface area contributed by atoms with Crippen molar-refractivity contribution < 1.29 is 8.42 Å². The van der Waals surface area contributed by atoms with Crippen molar-refractivity contribution in [2.45, 2.75) is 32.1 Å². The molecule has 0 atom stereocenters. The Kier molecular flexibility index (Phi) is 4.61. The molecule has 0 aliphatic heterocycles. The van der Waals surface area contributed by atoms with Gasteiger partial charge in [0.2, 0.25) is 10.0 Å². The van der Waals surface area contributed by atoms with E-state index in [0.717, 1.165) is 25.7 Å². The summed E-state index contributed by atoms with van der Waals surface area (Å²) in [5.74, 6) is 0.514. The van der Waals surface area contributed by atoms with Crippen molar-refractivity contribution in [3.05, 3.63) is 22.9 Å². The standard InChI is InChI=1S/C12H17BrN2O2S/c13-12-11(7-4-8-14-12)15-18(16,17)9-10-5-2-1-3-6-10/h4,7-8,10,15H,1-3,5-6,9H2. The number of hydrogen-bond donors (Lipinski definition) is 1. The second-order valence-electron chi connectivity index (χ2n) is 4.73. The average Bonchev–Trinajstić information content (AvgIpc) is 2.32. The minimum atomic E-state index is -3.28. The fourth-order valence-electron chi connectivity index (χ4n) is 2.34. The van der Waals surface area contributed by atoms with Crippen LogP contribution in [-0.2, 0) is 10.0 Å². The Hall–Kier alpha value is -0.620. The molecule has 1 aliphatic rings. The molecule has 0 amide bonds. The Morgan fingerprint density at radius 1 is 1.33 bits per heavy atom. The monoisotopic (exact) mass is 332 g/mol. The quantitative estimate of drug-likeness (QED) is 0.861. The Morgan fingerprint density at radius 3 is 2.72 bits per heavy atom. The number of halogens is 1. The highest BCUT2D eigenvalue weighted by Crippen LogP contribution is 2.26. The van der Waals surface area contributed by atoms with Gasteiger partial charge in [0.25, 0.3) is 0 Å². The van der Waals surface area contributed by atoms with Crippen LogP contribution in [0.25, 0.3) is 0 Å². The molecule has 0 spiro atoms. The highest BCUT2D eigenvalue weighted by Gasteiger charge is 2.21. The molecule has 18 heavy (non-hydrogen) atoms. The van der Waals surface area contributed by atoms with Gasteiger partial charge >= 0.3 is 0 Å². The van der Waals surface area contributed by atoms with Crippen LogP contribution in [-0.4, -0.2) is 19.2 Å². The van der Waals surface area contributed by atoms with Gasteiger partial charge in [-0.25, -0.2) is 13.4 Å². The third-order valence-corrected chi connectivity index (χ3v) is 5.28. The summed E-state index contributed by atoms with van der Waals surface area (Å²) in [7, 11) is -3.28. The third-order valence-electron chi connectivity index (χ3n) is 3.20. The summed E-state index contributed by atoms with van der Waals surface area (Å²) < 4.78 is 27.2. The molecular weight excluding hydrogens is 316 g/mol. The zero-order valence-electron chi connectivity index (χ0n) is 10.1. The van der Waals surface area contributed by atoms with E-state index in [4.69, 9.17) is 0 Å². The molecule has 1 fully saturated rings. The molecule has 4 nitrogen and oxygen atoms in total. The number of nitrogens with zero attached hydrogens (tertiary/aromatic N) is 1. The van der Waals surface area contributed by atoms with Crippen molar-refractivity contribution in [1.82, 2.24) is 4.98 Å². The van der Waals surface area contributed by atoms with Gasteiger partial charge in [-0.3, -0.25) is 4.72 Å². The topological polar surface area (TPSA) is 59.1 Å². The van der Waals surface area contributed by atoms with Crippen molar-refractivity contribution in [2.24, 2.45) is 5.92 Å². The largest absolute Gasteiger partial charge is 0.281 e. The van der Waals surface area contributed by atoms with Crippen LogP contribution in [0.4, 0.5) is 5.69 Å². The minimum absolute atomic E-state index is 0.217. The maximum atomic E-state index is 12.1. The molecule has 1 aliphatic carbocycles. The molecule has 1 N–H and O–H groups in total. The smallest absolute Gasteiger partial charge is 0.233 e. The SMILES string of the molecule is O=S(=O)(CC1CCCCC1)Nc1cccnc1Br. The van der Waals surface area contributed by atoms with E-state index in [2.05, 4.69) is 25.6 Å². The first-order chi connectivity index (χ1) is 8.57. The van der Waals surface area contributed by atoms with E-state index in [1.54, 1.807) is 18.3 Å². The van der Waals surface area contributed by atoms with Gasteiger partial charge in [0.1, 0.15) is 4.60 Å². The summed E-state index contributed by atoms with van der Waals surface area (Å²) in [6.07, 6.45) is 7.19. The first kappa shape index (κ1) is 13.8. The summed E-state index contributed by atoms with van der Waals surface area (Å²) in [5.41, 5.74) is 0.508. The molecule has 1 aromatic heterocycles. The molecule has 0 unspecified atom stereocenters. The van der Waals surface area contributed by atoms with Gasteiger partial charge in [-0.05, 0) is 46.8 Å². The molecule has 1 aromatic rings. The normalized spacial score (nSPS) is 17.6. The van der Waals surface area contributed by atoms with Crippen LogP contribution in [0.2, 0.25) is 0 Å². The van der Waals surface area contributed by atoms with Crippen LogP contribution in [0, 0.1) is 5.92 Å². The van der Waals surface area contributed by atoms with Crippen LogP contribution in [0.15, 0.2) is 22.9 Å². The average molecular weight is 333 g/mol. The second kappa shape index (κ2) is 6.02. The van der Waals surface area contributed by atoms with E-state index in [1.165, 1.54) is 6.42 Å². The number of nitrogens with one attached hydrogen (secondary N) is 1. The summed E-state index contributed by atoms with van der Waals surface area (Å²) in [5, 5.41) is 0. The van der Waals surface area contributed by atoms with Crippen LogP contribution < -0.4 is 4.72 Å². The summed E-state index contributed by atoms with van der Waals surface area (Å²) >= 11 is 3.24. The van der Waals surface area contributed by atoms with Gasteiger partial charge < -0.3 is 0 Å². The molecule has 100 valence electrons. The Balaban J connectivity index is 2.01. The third kappa shape index (κ3) is 3.95. The van der Waals surface area contributed by atoms with E-state index in [9.17, 15) is 8.42 Å². The highest BCUT2D eigenvalue weighted by atomic mass is 79.9. The predicted molar refractivity (Wildman–Crippen MR) is 75.9 cm³/mol. The number of anilines is 1. The fraction of sp³-hybridized carbons (Fsp3) is 0.583. The fourth-order valence-corrected chi connectivity index (χ4v) is 4.35. The maximum absolute atomic E-state index is 12.1. The van der Waals surface area contributed by atoms with Gasteiger partial charge in [-0.2, -0.15) is 0 Å². The van der Waals surface area contributed by atoms with Gasteiger partial charge in [-0.1, -0.05) is 19.3 Å². The van der Waals surface area contributed by atoms with Crippen LogP contribution in [0.3, 0.4) is 0 Å². The molecule has 0 bridgehead atoms. The first-order valence-electron chi connectivity index (χ1n) is 6.18. The van der Waals surface area contributed by atoms with Crippen LogP contribution in [0.1, 0.15) is 32.1 Å². The van der Waals surface area contributed by atoms with E-state index >= 15 is 0 Å². The number of hydrogen-bond acceptors (Lipinski definition) is 3. The Morgan fingerprint density at radius 2 is 2.06 bits per heavy atom. The van der Waals surface area contributed by atoms with Crippen molar-refractivity contribution in [3.63, 3.8) is 0 Å². The van der Waals surface area contributed by atoms with Gasteiger partial charge in [0.15, 0.2) is 0 Å². The molecule has 0 saturated heterocycles. The molecule has 0 aromatic carbocycles. The van der Waals surface area contributed by atoms with E-state index < -0.39 is 10.0 Å². The zero-order chi connectivity index (χ0) is 13.0. The lowest BCUT2D eigenvalue weighted by molar-refractivity contribution is 0.385. The first-order valence-corrected chi connectivity index (χ1v) is 8.62. The molecule has 1 saturated carbocycles. The molecule has 6 heteroatoms. The van der Waals surface area contributed by atoms with E-state index in [1.807, 2.05) is 0 Å². The van der Waals surface area contributed by atoms with Crippen molar-refractivity contribution in [1.29, 1.82) is 0 Å². The zero-order valence-corrected chi connectivity index (χ0v) is 12.5. The number of rotatable bonds is 4. The molecule has 2 rings (SSSR count). The van der Waals surface area contributed by atoms with Crippen molar-refractivity contribution in [3.8, 4) is 0 Å². The number of sulfonamides is 1. The van der Waals surface area contributed by atoms with Crippen LogP contribution in [0.5, 0.6) is 0 Å². The van der Waals surface area contributed by atoms with Gasteiger partial charge in [-0.15, -0.1) is 0 Å². The number of aromatic nitrogens is 1. The summed E-state index contributed by atoms with van der Waals surface area (Å²) in [6.45, 7) is 0. The van der Waals surface area contributed by atoms with Gasteiger partial charge in [0, 0.05) is 6.20 Å². The van der Waals surface area contributed by atoms with E-state index in [-0.39, 0.29) is 5.75 Å². The second-order valence-corrected chi connectivity index (χ2v) is 7.25. The molecule has 0 radical (unpaired) electrons. The lowest BCUT2D eigenvalue weighted by Gasteiger charge is -2.21. The maximum Gasteiger partial charge on any atom is 0.233 e. The Labute approximate surface area is 116 Å². The highest BCUT2D eigenvalue weighted by molar-refractivity contribution is 9.10. The lowest BCUT2D eigenvalue weighted by atomic mass is 9.91. The lowest BCUT2D eigenvalue weighted by Crippen LogP contribution is -2.24. The Bertz CT molecular complexity index is 499.